The second kappa shape index (κ2) is 5.09. The van der Waals surface area contributed by atoms with Crippen molar-refractivity contribution >= 4 is 5.69 Å². The summed E-state index contributed by atoms with van der Waals surface area (Å²) in [6.07, 6.45) is 3.77. The first-order valence-corrected chi connectivity index (χ1v) is 6.13. The minimum Gasteiger partial charge on any atom is -0.495 e. The van der Waals surface area contributed by atoms with E-state index in [0.717, 1.165) is 23.8 Å². The van der Waals surface area contributed by atoms with Crippen LogP contribution in [0, 0.1) is 17.2 Å². The Morgan fingerprint density at radius 1 is 1.53 bits per heavy atom. The Balaban J connectivity index is 2.16. The Morgan fingerprint density at radius 3 is 2.82 bits per heavy atom. The molecule has 3 heteroatoms. The maximum Gasteiger partial charge on any atom is 0.143 e. The Hall–Kier alpha value is -1.69. The second-order valence-corrected chi connectivity index (χ2v) is 4.52. The van der Waals surface area contributed by atoms with Gasteiger partial charge in [-0.05, 0) is 37.3 Å². The summed E-state index contributed by atoms with van der Waals surface area (Å²) in [6.45, 7) is 2.20. The summed E-state index contributed by atoms with van der Waals surface area (Å²) in [5.74, 6) is 1.56. The van der Waals surface area contributed by atoms with Crippen LogP contribution in [-0.2, 0) is 0 Å². The van der Waals surface area contributed by atoms with Gasteiger partial charge in [-0.2, -0.15) is 5.26 Å². The normalized spacial score (nSPS) is 16.1. The third kappa shape index (κ3) is 2.71. The number of hydrogen-bond acceptors (Lipinski definition) is 3. The molecule has 1 aliphatic carbocycles. The smallest absolute Gasteiger partial charge is 0.143 e. The van der Waals surface area contributed by atoms with E-state index in [2.05, 4.69) is 18.3 Å². The van der Waals surface area contributed by atoms with Crippen LogP contribution >= 0.6 is 0 Å². The highest BCUT2D eigenvalue weighted by atomic mass is 16.5. The monoisotopic (exact) mass is 230 g/mol. The van der Waals surface area contributed by atoms with Gasteiger partial charge in [0.15, 0.2) is 0 Å². The van der Waals surface area contributed by atoms with Gasteiger partial charge < -0.3 is 10.1 Å². The van der Waals surface area contributed by atoms with E-state index in [1.807, 2.05) is 12.1 Å². The van der Waals surface area contributed by atoms with Gasteiger partial charge in [0.25, 0.3) is 0 Å². The molecule has 1 aromatic rings. The quantitative estimate of drug-likeness (QED) is 0.845. The van der Waals surface area contributed by atoms with E-state index in [9.17, 15) is 0 Å². The van der Waals surface area contributed by atoms with E-state index in [1.54, 1.807) is 13.2 Å². The van der Waals surface area contributed by atoms with Gasteiger partial charge in [-0.25, -0.2) is 0 Å². The first kappa shape index (κ1) is 11.8. The molecule has 1 saturated carbocycles. The van der Waals surface area contributed by atoms with E-state index >= 15 is 0 Å². The number of nitrogens with one attached hydrogen (secondary N) is 1. The number of nitrogens with zero attached hydrogens (tertiary/aromatic N) is 1. The van der Waals surface area contributed by atoms with Gasteiger partial charge >= 0.3 is 0 Å². The highest BCUT2D eigenvalue weighted by Gasteiger charge is 2.30. The summed E-state index contributed by atoms with van der Waals surface area (Å²) in [6, 6.07) is 8.18. The fourth-order valence-electron chi connectivity index (χ4n) is 2.13. The number of rotatable bonds is 5. The Bertz CT molecular complexity index is 432. The van der Waals surface area contributed by atoms with Crippen LogP contribution in [-0.4, -0.2) is 13.2 Å². The Labute approximate surface area is 102 Å². The molecule has 1 aromatic carbocycles. The fourth-order valence-corrected chi connectivity index (χ4v) is 2.13. The molecule has 1 aliphatic rings. The molecular formula is C14H18N2O. The maximum atomic E-state index is 8.85. The number of nitriles is 1. The molecule has 3 nitrogen and oxygen atoms in total. The van der Waals surface area contributed by atoms with Gasteiger partial charge in [-0.1, -0.05) is 6.92 Å². The zero-order valence-electron chi connectivity index (χ0n) is 10.4. The molecule has 1 unspecified atom stereocenters. The lowest BCUT2D eigenvalue weighted by atomic mass is 10.1. The lowest BCUT2D eigenvalue weighted by Gasteiger charge is -2.19. The summed E-state index contributed by atoms with van der Waals surface area (Å²) < 4.78 is 5.32. The van der Waals surface area contributed by atoms with Gasteiger partial charge in [0.05, 0.1) is 24.4 Å². The highest BCUT2D eigenvalue weighted by Crippen LogP contribution is 2.37. The van der Waals surface area contributed by atoms with Crippen molar-refractivity contribution in [3.63, 3.8) is 0 Å². The van der Waals surface area contributed by atoms with Crippen LogP contribution in [0.15, 0.2) is 18.2 Å². The van der Waals surface area contributed by atoms with Gasteiger partial charge in [0.1, 0.15) is 5.75 Å². The third-order valence-electron chi connectivity index (χ3n) is 3.30. The van der Waals surface area contributed by atoms with Crippen molar-refractivity contribution in [3.05, 3.63) is 23.8 Å². The van der Waals surface area contributed by atoms with Crippen molar-refractivity contribution in [2.24, 2.45) is 5.92 Å². The second-order valence-electron chi connectivity index (χ2n) is 4.52. The number of benzene rings is 1. The fraction of sp³-hybridized carbons (Fsp3) is 0.500. The molecular weight excluding hydrogens is 212 g/mol. The van der Waals surface area contributed by atoms with Crippen LogP contribution in [0.4, 0.5) is 5.69 Å². The summed E-state index contributed by atoms with van der Waals surface area (Å²) in [4.78, 5) is 0. The molecule has 90 valence electrons. The first-order valence-electron chi connectivity index (χ1n) is 6.13. The van der Waals surface area contributed by atoms with E-state index in [1.165, 1.54) is 12.8 Å². The summed E-state index contributed by atoms with van der Waals surface area (Å²) in [5.41, 5.74) is 1.62. The molecule has 1 N–H and O–H groups in total. The number of anilines is 1. The summed E-state index contributed by atoms with van der Waals surface area (Å²) in [7, 11) is 1.64. The highest BCUT2D eigenvalue weighted by molar-refractivity contribution is 5.60. The van der Waals surface area contributed by atoms with Crippen LogP contribution in [0.25, 0.3) is 0 Å². The Kier molecular flexibility index (Phi) is 3.53. The minimum atomic E-state index is 0.525. The minimum absolute atomic E-state index is 0.525. The molecule has 0 saturated heterocycles. The van der Waals surface area contributed by atoms with Crippen LogP contribution < -0.4 is 10.1 Å². The van der Waals surface area contributed by atoms with Crippen molar-refractivity contribution in [3.8, 4) is 11.8 Å². The van der Waals surface area contributed by atoms with E-state index < -0.39 is 0 Å². The standard InChI is InChI=1S/C14H18N2O/c1-3-12(11-5-6-11)16-13-7-4-10(9-15)8-14(13)17-2/h4,7-8,11-12,16H,3,5-6H2,1-2H3. The van der Waals surface area contributed by atoms with Crippen molar-refractivity contribution < 1.29 is 4.74 Å². The van der Waals surface area contributed by atoms with Crippen molar-refractivity contribution in [2.45, 2.75) is 32.2 Å². The lowest BCUT2D eigenvalue weighted by Crippen LogP contribution is -2.21. The number of ether oxygens (including phenoxy) is 1. The van der Waals surface area contributed by atoms with Crippen LogP contribution in [0.3, 0.4) is 0 Å². The van der Waals surface area contributed by atoms with Gasteiger partial charge in [0.2, 0.25) is 0 Å². The van der Waals surface area contributed by atoms with Crippen LogP contribution in [0.2, 0.25) is 0 Å². The van der Waals surface area contributed by atoms with Crippen molar-refractivity contribution in [2.75, 3.05) is 12.4 Å². The molecule has 0 heterocycles. The molecule has 1 atom stereocenters. The van der Waals surface area contributed by atoms with Crippen LogP contribution in [0.5, 0.6) is 5.75 Å². The molecule has 0 aromatic heterocycles. The average Bonchev–Trinajstić information content (AvgIpc) is 3.20. The molecule has 0 spiro atoms. The van der Waals surface area contributed by atoms with Crippen molar-refractivity contribution in [1.29, 1.82) is 5.26 Å². The van der Waals surface area contributed by atoms with E-state index in [4.69, 9.17) is 10.00 Å². The largest absolute Gasteiger partial charge is 0.495 e. The van der Waals surface area contributed by atoms with Gasteiger partial charge in [0, 0.05) is 12.1 Å². The topological polar surface area (TPSA) is 45.0 Å². The van der Waals surface area contributed by atoms with E-state index in [-0.39, 0.29) is 0 Å². The number of methoxy groups -OCH3 is 1. The van der Waals surface area contributed by atoms with Crippen molar-refractivity contribution in [1.82, 2.24) is 0 Å². The predicted molar refractivity (Wildman–Crippen MR) is 68.1 cm³/mol. The molecule has 2 rings (SSSR count). The molecule has 0 bridgehead atoms. The van der Waals surface area contributed by atoms with Crippen LogP contribution in [0.1, 0.15) is 31.7 Å². The summed E-state index contributed by atoms with van der Waals surface area (Å²) in [5, 5.41) is 12.4. The predicted octanol–water partition coefficient (Wildman–Crippen LogP) is 3.17. The third-order valence-corrected chi connectivity index (χ3v) is 3.30. The van der Waals surface area contributed by atoms with Gasteiger partial charge in [-0.15, -0.1) is 0 Å². The molecule has 1 fully saturated rings. The SMILES string of the molecule is CCC(Nc1ccc(C#N)cc1OC)C1CC1. The van der Waals surface area contributed by atoms with Gasteiger partial charge in [-0.3, -0.25) is 0 Å². The van der Waals surface area contributed by atoms with E-state index in [0.29, 0.717) is 11.6 Å². The lowest BCUT2D eigenvalue weighted by molar-refractivity contribution is 0.415. The Morgan fingerprint density at radius 2 is 2.29 bits per heavy atom. The molecule has 0 aliphatic heterocycles. The average molecular weight is 230 g/mol. The molecule has 0 radical (unpaired) electrons. The first-order chi connectivity index (χ1) is 8.28. The molecule has 0 amide bonds. The maximum absolute atomic E-state index is 8.85. The molecule has 17 heavy (non-hydrogen) atoms. The zero-order valence-corrected chi connectivity index (χ0v) is 10.4. The zero-order chi connectivity index (χ0) is 12.3. The number of hydrogen-bond donors (Lipinski definition) is 1. The summed E-state index contributed by atoms with van der Waals surface area (Å²) >= 11 is 0.